The molecule has 3 unspecified atom stereocenters. The van der Waals surface area contributed by atoms with Gasteiger partial charge in [0.15, 0.2) is 0 Å². The minimum Gasteiger partial charge on any atom is -0.491 e. The molecule has 1 aromatic carbocycles. The molecule has 0 aliphatic rings. The summed E-state index contributed by atoms with van der Waals surface area (Å²) in [5.74, 6) is 0.762. The van der Waals surface area contributed by atoms with Gasteiger partial charge in [-0.25, -0.2) is 0 Å². The minimum absolute atomic E-state index is 0.0650. The van der Waals surface area contributed by atoms with E-state index in [1.165, 1.54) is 13.5 Å². The Balaban J connectivity index is -0.000000436. The predicted octanol–water partition coefficient (Wildman–Crippen LogP) is 1.49. The lowest BCUT2D eigenvalue weighted by atomic mass is 10.3. The second kappa shape index (κ2) is 28.2. The summed E-state index contributed by atoms with van der Waals surface area (Å²) in [6.45, 7) is 7.86. The van der Waals surface area contributed by atoms with Crippen LogP contribution in [0.4, 0.5) is 0 Å². The SMILES string of the molecule is CCC.CCOCC(O)COC.COCC(O)COS(C)(=O)=O.COCC(O)COc1ccccc1. The summed E-state index contributed by atoms with van der Waals surface area (Å²) in [4.78, 5) is 0. The van der Waals surface area contributed by atoms with Crippen LogP contribution in [0.5, 0.6) is 5.75 Å². The van der Waals surface area contributed by atoms with E-state index in [-0.39, 0.29) is 19.8 Å². The van der Waals surface area contributed by atoms with Gasteiger partial charge >= 0.3 is 0 Å². The average Bonchev–Trinajstić information content (AvgIpc) is 2.82. The zero-order chi connectivity index (χ0) is 28.2. The van der Waals surface area contributed by atoms with Crippen LogP contribution >= 0.6 is 0 Å². The monoisotopic (exact) mass is 544 g/mol. The molecule has 216 valence electrons. The molecule has 0 radical (unpaired) electrons. The molecule has 0 heterocycles. The lowest BCUT2D eigenvalue weighted by molar-refractivity contribution is -0.00263. The lowest BCUT2D eigenvalue weighted by Gasteiger charge is -2.10. The molecule has 12 heteroatoms. The van der Waals surface area contributed by atoms with Crippen LogP contribution < -0.4 is 4.74 Å². The predicted molar refractivity (Wildman–Crippen MR) is 139 cm³/mol. The Kier molecular flexibility index (Phi) is 30.7. The van der Waals surface area contributed by atoms with E-state index >= 15 is 0 Å². The molecule has 1 aromatic rings. The zero-order valence-corrected chi connectivity index (χ0v) is 23.6. The van der Waals surface area contributed by atoms with Crippen molar-refractivity contribution in [3.8, 4) is 5.75 Å². The van der Waals surface area contributed by atoms with E-state index in [0.717, 1.165) is 12.0 Å². The van der Waals surface area contributed by atoms with Gasteiger partial charge in [0.25, 0.3) is 10.1 Å². The van der Waals surface area contributed by atoms with Gasteiger partial charge in [0, 0.05) is 27.9 Å². The van der Waals surface area contributed by atoms with Crippen molar-refractivity contribution in [2.75, 3.05) is 73.8 Å². The van der Waals surface area contributed by atoms with Gasteiger partial charge in [0.2, 0.25) is 0 Å². The second-order valence-corrected chi connectivity index (χ2v) is 8.95. The van der Waals surface area contributed by atoms with Crippen LogP contribution in [0.1, 0.15) is 27.2 Å². The first-order valence-corrected chi connectivity index (χ1v) is 13.4. The summed E-state index contributed by atoms with van der Waals surface area (Å²) in [5.41, 5.74) is 0. The lowest BCUT2D eigenvalue weighted by Crippen LogP contribution is -2.22. The Morgan fingerprint density at radius 2 is 1.14 bits per heavy atom. The number of benzene rings is 1. The van der Waals surface area contributed by atoms with E-state index in [1.807, 2.05) is 37.3 Å². The molecular weight excluding hydrogens is 496 g/mol. The Bertz CT molecular complexity index is 645. The molecule has 11 nitrogen and oxygen atoms in total. The van der Waals surface area contributed by atoms with Crippen molar-refractivity contribution >= 4 is 10.1 Å². The topological polar surface area (TPSA) is 150 Å². The van der Waals surface area contributed by atoms with Crippen LogP contribution in [0.3, 0.4) is 0 Å². The first-order valence-electron chi connectivity index (χ1n) is 11.6. The molecule has 0 saturated carbocycles. The Labute approximate surface area is 217 Å². The van der Waals surface area contributed by atoms with Crippen LogP contribution in [-0.2, 0) is 33.2 Å². The molecule has 3 atom stereocenters. The van der Waals surface area contributed by atoms with Crippen molar-refractivity contribution in [2.45, 2.75) is 45.5 Å². The molecule has 0 saturated heterocycles. The minimum atomic E-state index is -3.45. The largest absolute Gasteiger partial charge is 0.491 e. The standard InChI is InChI=1S/C10H14O3.C6H14O3.C5H12O5S.C3H8/c1-12-7-9(11)8-13-10-5-3-2-4-6-10;1-3-9-5-6(7)4-8-2;1-9-3-5(6)4-10-11(2,7)8;1-3-2/h2-6,9,11H,7-8H2,1H3;6-7H,3-5H2,1-2H3;5-6H,3-4H2,1-2H3;3H2,1-2H3. The number of ether oxygens (including phenoxy) is 5. The second-order valence-electron chi connectivity index (χ2n) is 7.31. The highest BCUT2D eigenvalue weighted by Gasteiger charge is 2.08. The van der Waals surface area contributed by atoms with Crippen LogP contribution in [0, 0.1) is 0 Å². The molecule has 0 amide bonds. The third-order valence-corrected chi connectivity index (χ3v) is 3.82. The van der Waals surface area contributed by atoms with Crippen LogP contribution in [-0.4, -0.2) is 116 Å². The number of aliphatic hydroxyl groups is 3. The molecular formula is C24H48O11S. The molecule has 3 N–H and O–H groups in total. The summed E-state index contributed by atoms with van der Waals surface area (Å²) in [6, 6.07) is 9.38. The third kappa shape index (κ3) is 34.8. The van der Waals surface area contributed by atoms with Gasteiger partial charge in [-0.2, -0.15) is 8.42 Å². The molecule has 36 heavy (non-hydrogen) atoms. The first kappa shape index (κ1) is 39.2. The highest BCUT2D eigenvalue weighted by molar-refractivity contribution is 7.85. The first-order chi connectivity index (χ1) is 17.0. The number of methoxy groups -OCH3 is 3. The van der Waals surface area contributed by atoms with Crippen molar-refractivity contribution in [3.63, 3.8) is 0 Å². The van der Waals surface area contributed by atoms with Gasteiger partial charge in [-0.1, -0.05) is 38.5 Å². The summed E-state index contributed by atoms with van der Waals surface area (Å²) >= 11 is 0. The van der Waals surface area contributed by atoms with Gasteiger partial charge in [-0.15, -0.1) is 0 Å². The van der Waals surface area contributed by atoms with Crippen molar-refractivity contribution in [3.05, 3.63) is 30.3 Å². The summed E-state index contributed by atoms with van der Waals surface area (Å²) in [7, 11) is 1.05. The Morgan fingerprint density at radius 1 is 0.722 bits per heavy atom. The van der Waals surface area contributed by atoms with Crippen LogP contribution in [0.25, 0.3) is 0 Å². The molecule has 0 aliphatic heterocycles. The fourth-order valence-electron chi connectivity index (χ4n) is 1.89. The highest BCUT2D eigenvalue weighted by atomic mass is 32.2. The van der Waals surface area contributed by atoms with Crippen molar-refractivity contribution in [1.82, 2.24) is 0 Å². The van der Waals surface area contributed by atoms with Gasteiger partial charge in [-0.3, -0.25) is 4.18 Å². The fourth-order valence-corrected chi connectivity index (χ4v) is 2.29. The summed E-state index contributed by atoms with van der Waals surface area (Å²) < 4.78 is 49.2. The number of aliphatic hydroxyl groups excluding tert-OH is 3. The Hall–Kier alpha value is -1.35. The maximum absolute atomic E-state index is 10.4. The van der Waals surface area contributed by atoms with Gasteiger partial charge < -0.3 is 39.0 Å². The molecule has 0 aliphatic carbocycles. The average molecular weight is 545 g/mol. The van der Waals surface area contributed by atoms with E-state index in [1.54, 1.807) is 14.2 Å². The summed E-state index contributed by atoms with van der Waals surface area (Å²) in [6.07, 6.45) is 0.238. The molecule has 1 rings (SSSR count). The van der Waals surface area contributed by atoms with Crippen LogP contribution in [0.2, 0.25) is 0 Å². The third-order valence-electron chi connectivity index (χ3n) is 3.25. The van der Waals surface area contributed by atoms with E-state index in [0.29, 0.717) is 26.4 Å². The quantitative estimate of drug-likeness (QED) is 0.276. The van der Waals surface area contributed by atoms with Gasteiger partial charge in [0.05, 0.1) is 39.3 Å². The van der Waals surface area contributed by atoms with Crippen molar-refractivity contribution in [1.29, 1.82) is 0 Å². The molecule has 0 aromatic heterocycles. The van der Waals surface area contributed by atoms with E-state index < -0.39 is 28.4 Å². The van der Waals surface area contributed by atoms with Crippen molar-refractivity contribution in [2.24, 2.45) is 0 Å². The van der Waals surface area contributed by atoms with Crippen LogP contribution in [0.15, 0.2) is 30.3 Å². The highest BCUT2D eigenvalue weighted by Crippen LogP contribution is 2.08. The molecule has 0 fully saturated rings. The maximum Gasteiger partial charge on any atom is 0.264 e. The number of para-hydroxylation sites is 1. The number of hydrogen-bond acceptors (Lipinski definition) is 11. The fraction of sp³-hybridized carbons (Fsp3) is 0.750. The van der Waals surface area contributed by atoms with Gasteiger partial charge in [-0.05, 0) is 19.1 Å². The van der Waals surface area contributed by atoms with E-state index in [4.69, 9.17) is 24.4 Å². The Morgan fingerprint density at radius 3 is 1.53 bits per heavy atom. The maximum atomic E-state index is 10.4. The van der Waals surface area contributed by atoms with E-state index in [9.17, 15) is 13.5 Å². The zero-order valence-electron chi connectivity index (χ0n) is 22.8. The molecule has 0 bridgehead atoms. The van der Waals surface area contributed by atoms with Gasteiger partial charge in [0.1, 0.15) is 30.7 Å². The van der Waals surface area contributed by atoms with Crippen molar-refractivity contribution < 1.29 is 51.6 Å². The normalized spacial score (nSPS) is 12.9. The molecule has 0 spiro atoms. The number of hydrogen-bond donors (Lipinski definition) is 3. The smallest absolute Gasteiger partial charge is 0.264 e. The number of rotatable bonds is 15. The van der Waals surface area contributed by atoms with E-state index in [2.05, 4.69) is 27.5 Å². The summed E-state index contributed by atoms with van der Waals surface area (Å²) in [5, 5.41) is 27.1.